The monoisotopic (exact) mass is 882 g/mol. The molecule has 2 fully saturated rings. The normalized spacial score (nSPS) is 25.5. The fourth-order valence-corrected chi connectivity index (χ4v) is 7.45. The van der Waals surface area contributed by atoms with E-state index in [2.05, 4.69) is 6.92 Å². The number of hydrogen-bond acceptors (Lipinski definition) is 12. The lowest BCUT2D eigenvalue weighted by atomic mass is 9.75. The van der Waals surface area contributed by atoms with Crippen molar-refractivity contribution in [3.63, 3.8) is 0 Å². The number of carbonyl (C=O) groups excluding carboxylic acids is 3. The van der Waals surface area contributed by atoms with Crippen LogP contribution in [0.25, 0.3) is 0 Å². The largest absolute Gasteiger partial charge is 0.497 e. The van der Waals surface area contributed by atoms with Gasteiger partial charge in [-0.05, 0) is 103 Å². The van der Waals surface area contributed by atoms with E-state index in [0.29, 0.717) is 41.2 Å². The first-order valence-corrected chi connectivity index (χ1v) is 21.1. The number of aliphatic hydroxyl groups excluding tert-OH is 3. The van der Waals surface area contributed by atoms with Crippen molar-refractivity contribution >= 4 is 40.4 Å². The number of hydrogen-bond donors (Lipinski definition) is 3. The highest BCUT2D eigenvalue weighted by molar-refractivity contribution is 6.67. The van der Waals surface area contributed by atoms with Crippen molar-refractivity contribution in [1.82, 2.24) is 0 Å². The SMILES string of the molecule is CCC1C[C@@H](Oc2ccc(OC)cc2)C(OC(=O)c2ccccc2)[C@@H](C)[C@@H]1O.COc1ccc(O[C@@H]2CC(CO)[C@@H](O)[C@H](C)C2OC(=O)c2ccccc2)cc1.O=C(Cl)CCl. The van der Waals surface area contributed by atoms with Gasteiger partial charge in [0.05, 0.1) is 43.4 Å². The summed E-state index contributed by atoms with van der Waals surface area (Å²) in [6, 6.07) is 32.1. The van der Waals surface area contributed by atoms with Crippen molar-refractivity contribution in [2.75, 3.05) is 26.7 Å². The topological polar surface area (TPSA) is 167 Å². The van der Waals surface area contributed by atoms with Gasteiger partial charge in [-0.1, -0.05) is 63.6 Å². The van der Waals surface area contributed by atoms with Gasteiger partial charge in [-0.25, -0.2) is 9.59 Å². The van der Waals surface area contributed by atoms with Gasteiger partial charge in [-0.3, -0.25) is 4.79 Å². The molecule has 4 aromatic carbocycles. The number of methoxy groups -OCH3 is 2. The highest BCUT2D eigenvalue weighted by atomic mass is 35.5. The summed E-state index contributed by atoms with van der Waals surface area (Å²) in [5.41, 5.74) is 0.932. The zero-order valence-electron chi connectivity index (χ0n) is 35.0. The molecule has 4 unspecified atom stereocenters. The maximum atomic E-state index is 12.6. The highest BCUT2D eigenvalue weighted by Crippen LogP contribution is 2.37. The van der Waals surface area contributed by atoms with Gasteiger partial charge in [-0.2, -0.15) is 0 Å². The first-order chi connectivity index (χ1) is 29.3. The van der Waals surface area contributed by atoms with Gasteiger partial charge >= 0.3 is 11.9 Å². The average Bonchev–Trinajstić information content (AvgIpc) is 3.29. The van der Waals surface area contributed by atoms with E-state index in [1.807, 2.05) is 43.3 Å². The quantitative estimate of drug-likeness (QED) is 0.0680. The molecular formula is C47H56Cl2O12. The third-order valence-electron chi connectivity index (χ3n) is 10.9. The molecule has 2 aliphatic rings. The van der Waals surface area contributed by atoms with Gasteiger partial charge in [0, 0.05) is 24.4 Å². The summed E-state index contributed by atoms with van der Waals surface area (Å²) in [7, 11) is 3.20. The summed E-state index contributed by atoms with van der Waals surface area (Å²) in [5.74, 6) is 0.932. The van der Waals surface area contributed by atoms with Crippen molar-refractivity contribution < 1.29 is 58.1 Å². The Hall–Kier alpha value is -4.85. The average molecular weight is 884 g/mol. The smallest absolute Gasteiger partial charge is 0.338 e. The lowest BCUT2D eigenvalue weighted by Crippen LogP contribution is -2.53. The van der Waals surface area contributed by atoms with Crippen LogP contribution in [0.3, 0.4) is 0 Å². The van der Waals surface area contributed by atoms with Crippen molar-refractivity contribution in [3.05, 3.63) is 120 Å². The Morgan fingerprint density at radius 2 is 0.951 bits per heavy atom. The Balaban J connectivity index is 0.000000242. The van der Waals surface area contributed by atoms with Crippen LogP contribution in [0.2, 0.25) is 0 Å². The lowest BCUT2D eigenvalue weighted by molar-refractivity contribution is -0.120. The van der Waals surface area contributed by atoms with Crippen molar-refractivity contribution in [3.8, 4) is 23.0 Å². The molecule has 0 aromatic heterocycles. The second-order valence-electron chi connectivity index (χ2n) is 14.9. The van der Waals surface area contributed by atoms with E-state index in [1.54, 1.807) is 93.9 Å². The third-order valence-corrected chi connectivity index (χ3v) is 11.5. The van der Waals surface area contributed by atoms with Crippen LogP contribution in [-0.2, 0) is 14.3 Å². The van der Waals surface area contributed by atoms with Crippen LogP contribution in [0.4, 0.5) is 0 Å². The van der Waals surface area contributed by atoms with Crippen LogP contribution in [0, 0.1) is 23.7 Å². The molecule has 0 heterocycles. The molecular weight excluding hydrogens is 827 g/mol. The Morgan fingerprint density at radius 1 is 0.607 bits per heavy atom. The van der Waals surface area contributed by atoms with E-state index in [0.717, 1.165) is 12.2 Å². The zero-order chi connectivity index (χ0) is 44.5. The zero-order valence-corrected chi connectivity index (χ0v) is 36.5. The van der Waals surface area contributed by atoms with Gasteiger partial charge in [0.2, 0.25) is 5.24 Å². The molecule has 0 spiro atoms. The molecule has 61 heavy (non-hydrogen) atoms. The second-order valence-corrected chi connectivity index (χ2v) is 15.6. The molecule has 3 N–H and O–H groups in total. The fourth-order valence-electron chi connectivity index (χ4n) is 7.45. The summed E-state index contributed by atoms with van der Waals surface area (Å²) >= 11 is 9.55. The molecule has 12 nitrogen and oxygen atoms in total. The molecule has 10 atom stereocenters. The Kier molecular flexibility index (Phi) is 19.7. The van der Waals surface area contributed by atoms with Crippen LogP contribution >= 0.6 is 23.2 Å². The number of esters is 2. The summed E-state index contributed by atoms with van der Waals surface area (Å²) < 4.78 is 34.2. The number of carbonyl (C=O) groups is 3. The molecule has 6 rings (SSSR count). The molecule has 0 amide bonds. The molecule has 0 bridgehead atoms. The minimum atomic E-state index is -0.783. The molecule has 330 valence electrons. The van der Waals surface area contributed by atoms with Gasteiger partial charge in [0.15, 0.2) is 0 Å². The number of alkyl halides is 1. The lowest BCUT2D eigenvalue weighted by Gasteiger charge is -2.42. The Labute approximate surface area is 367 Å². The summed E-state index contributed by atoms with van der Waals surface area (Å²) in [6.07, 6.45) is -1.47. The van der Waals surface area contributed by atoms with Crippen LogP contribution in [0.5, 0.6) is 23.0 Å². The van der Waals surface area contributed by atoms with Gasteiger partial charge in [0.1, 0.15) is 47.4 Å². The van der Waals surface area contributed by atoms with E-state index >= 15 is 0 Å². The number of rotatable bonds is 13. The first-order valence-electron chi connectivity index (χ1n) is 20.2. The molecule has 2 saturated carbocycles. The van der Waals surface area contributed by atoms with Crippen molar-refractivity contribution in [1.29, 1.82) is 0 Å². The van der Waals surface area contributed by atoms with Crippen molar-refractivity contribution in [2.45, 2.75) is 76.7 Å². The maximum Gasteiger partial charge on any atom is 0.338 e. The number of halogens is 2. The van der Waals surface area contributed by atoms with E-state index in [9.17, 15) is 29.7 Å². The summed E-state index contributed by atoms with van der Waals surface area (Å²) in [4.78, 5) is 34.6. The number of ether oxygens (including phenoxy) is 6. The van der Waals surface area contributed by atoms with Gasteiger partial charge in [-0.15, -0.1) is 11.6 Å². The van der Waals surface area contributed by atoms with E-state index in [4.69, 9.17) is 51.6 Å². The third kappa shape index (κ3) is 14.1. The molecule has 4 aromatic rings. The maximum absolute atomic E-state index is 12.6. The minimum Gasteiger partial charge on any atom is -0.497 e. The van der Waals surface area contributed by atoms with E-state index in [-0.39, 0.29) is 42.3 Å². The number of aliphatic hydroxyl groups is 3. The molecule has 14 heteroatoms. The van der Waals surface area contributed by atoms with E-state index < -0.39 is 47.7 Å². The van der Waals surface area contributed by atoms with Crippen molar-refractivity contribution in [2.24, 2.45) is 23.7 Å². The predicted molar refractivity (Wildman–Crippen MR) is 232 cm³/mol. The predicted octanol–water partition coefficient (Wildman–Crippen LogP) is 7.76. The molecule has 2 aliphatic carbocycles. The highest BCUT2D eigenvalue weighted by Gasteiger charge is 2.46. The Morgan fingerprint density at radius 3 is 1.28 bits per heavy atom. The van der Waals surface area contributed by atoms with E-state index in [1.165, 1.54) is 0 Å². The van der Waals surface area contributed by atoms with Gasteiger partial charge in [0.25, 0.3) is 0 Å². The Bertz CT molecular complexity index is 1780. The number of benzene rings is 4. The van der Waals surface area contributed by atoms with Crippen LogP contribution in [0.15, 0.2) is 109 Å². The summed E-state index contributed by atoms with van der Waals surface area (Å²) in [6.45, 7) is 5.62. The van der Waals surface area contributed by atoms with Crippen LogP contribution < -0.4 is 18.9 Å². The standard InChI is InChI=1S/C23H28O5.C22H26O6.C2H2Cl2O/c1-4-16-14-20(27-19-12-10-18(26-3)11-13-19)22(15(2)21(16)24)28-23(25)17-8-6-5-7-9-17;1-14-20(24)16(13-23)12-19(27-18-10-8-17(26-2)9-11-18)21(14)28-22(25)15-6-4-3-5-7-15;3-1-2(4)5/h5-13,15-16,20-22,24H,4,14H2,1-3H3;3-11,14,16,19-21,23-24H,12-13H2,1-2H3;1H2/t15-,16?,20+,21-,22?;14-,16?,19+,20-,21?;/m00./s1. The first kappa shape index (κ1) is 48.8. The van der Waals surface area contributed by atoms with Gasteiger partial charge < -0.3 is 43.7 Å². The second kappa shape index (κ2) is 24.6. The molecule has 0 saturated heterocycles. The molecule has 0 radical (unpaired) electrons. The summed E-state index contributed by atoms with van der Waals surface area (Å²) in [5, 5.41) is 30.3. The molecule has 0 aliphatic heterocycles. The van der Waals surface area contributed by atoms with Crippen LogP contribution in [-0.4, -0.2) is 95.8 Å². The minimum absolute atomic E-state index is 0.0957. The fraction of sp³-hybridized carbons (Fsp3) is 0.426. The van der Waals surface area contributed by atoms with Crippen LogP contribution in [0.1, 0.15) is 60.7 Å².